The molecule has 0 radical (unpaired) electrons. The number of H-pyrrole nitrogens is 1. The van der Waals surface area contributed by atoms with Gasteiger partial charge < -0.3 is 15.0 Å². The molecule has 5 nitrogen and oxygen atoms in total. The molecule has 0 amide bonds. The van der Waals surface area contributed by atoms with Crippen LogP contribution >= 0.6 is 0 Å². The first-order valence-corrected chi connectivity index (χ1v) is 6.91. The molecular weight excluding hydrogens is 254 g/mol. The molecular formula is C15H19N3O2. The molecule has 0 spiro atoms. The summed E-state index contributed by atoms with van der Waals surface area (Å²) in [5.41, 5.74) is 3.60. The molecule has 2 heterocycles. The van der Waals surface area contributed by atoms with Gasteiger partial charge in [-0.15, -0.1) is 0 Å². The normalized spacial score (nSPS) is 16.8. The summed E-state index contributed by atoms with van der Waals surface area (Å²) >= 11 is 0. The quantitative estimate of drug-likeness (QED) is 0.893. The predicted molar refractivity (Wildman–Crippen MR) is 79.3 cm³/mol. The van der Waals surface area contributed by atoms with Gasteiger partial charge >= 0.3 is 5.97 Å². The molecule has 106 valence electrons. The number of carboxylic acids is 1. The Bertz CT molecular complexity index is 627. The van der Waals surface area contributed by atoms with Crippen molar-refractivity contribution in [3.63, 3.8) is 0 Å². The minimum absolute atomic E-state index is 0.140. The van der Waals surface area contributed by atoms with Crippen molar-refractivity contribution in [3.05, 3.63) is 30.0 Å². The van der Waals surface area contributed by atoms with Gasteiger partial charge in [0.2, 0.25) is 0 Å². The smallest absolute Gasteiger partial charge is 0.317 e. The van der Waals surface area contributed by atoms with Crippen molar-refractivity contribution < 1.29 is 9.90 Å². The topological polar surface area (TPSA) is 59.6 Å². The van der Waals surface area contributed by atoms with E-state index in [1.165, 1.54) is 16.8 Å². The molecule has 0 atom stereocenters. The van der Waals surface area contributed by atoms with Crippen LogP contribution in [0.4, 0.5) is 5.69 Å². The van der Waals surface area contributed by atoms with E-state index >= 15 is 0 Å². The lowest BCUT2D eigenvalue weighted by atomic mass is 10.2. The lowest BCUT2D eigenvalue weighted by molar-refractivity contribution is -0.138. The molecule has 1 aliphatic rings. The fourth-order valence-electron chi connectivity index (χ4n) is 2.99. The van der Waals surface area contributed by atoms with Gasteiger partial charge in [-0.05, 0) is 13.0 Å². The van der Waals surface area contributed by atoms with Crippen molar-refractivity contribution in [1.29, 1.82) is 0 Å². The van der Waals surface area contributed by atoms with E-state index < -0.39 is 5.97 Å². The Morgan fingerprint density at radius 2 is 1.95 bits per heavy atom. The molecule has 0 aliphatic carbocycles. The van der Waals surface area contributed by atoms with Crippen LogP contribution in [0.15, 0.2) is 24.3 Å². The van der Waals surface area contributed by atoms with Crippen LogP contribution in [0.1, 0.15) is 5.69 Å². The number of piperazine rings is 1. The van der Waals surface area contributed by atoms with Crippen LogP contribution in [-0.2, 0) is 4.79 Å². The summed E-state index contributed by atoms with van der Waals surface area (Å²) < 4.78 is 0. The highest BCUT2D eigenvalue weighted by atomic mass is 16.4. The molecule has 1 aromatic carbocycles. The minimum atomic E-state index is -0.748. The number of nitrogens with zero attached hydrogens (tertiary/aromatic N) is 2. The van der Waals surface area contributed by atoms with E-state index in [-0.39, 0.29) is 6.54 Å². The molecule has 20 heavy (non-hydrogen) atoms. The third-order valence-electron chi connectivity index (χ3n) is 3.91. The van der Waals surface area contributed by atoms with E-state index in [1.54, 1.807) is 0 Å². The molecule has 1 fully saturated rings. The SMILES string of the molecule is Cc1[nH]c2ccccc2c1N1CCN(CC(=O)O)CC1. The zero-order chi connectivity index (χ0) is 14.1. The molecule has 1 saturated heterocycles. The van der Waals surface area contributed by atoms with Gasteiger partial charge in [0.15, 0.2) is 0 Å². The average molecular weight is 273 g/mol. The first kappa shape index (κ1) is 13.0. The maximum atomic E-state index is 10.7. The second-order valence-corrected chi connectivity index (χ2v) is 5.30. The van der Waals surface area contributed by atoms with Crippen molar-refractivity contribution in [3.8, 4) is 0 Å². The van der Waals surface area contributed by atoms with Gasteiger partial charge in [0.1, 0.15) is 0 Å². The number of anilines is 1. The van der Waals surface area contributed by atoms with Gasteiger partial charge in [0, 0.05) is 42.8 Å². The second-order valence-electron chi connectivity index (χ2n) is 5.30. The lowest BCUT2D eigenvalue weighted by Crippen LogP contribution is -2.48. The molecule has 2 N–H and O–H groups in total. The number of para-hydroxylation sites is 1. The number of aromatic nitrogens is 1. The summed E-state index contributed by atoms with van der Waals surface area (Å²) in [6, 6.07) is 8.32. The molecule has 0 unspecified atom stereocenters. The number of benzene rings is 1. The fourth-order valence-corrected chi connectivity index (χ4v) is 2.99. The highest BCUT2D eigenvalue weighted by Crippen LogP contribution is 2.31. The van der Waals surface area contributed by atoms with Gasteiger partial charge in [0.25, 0.3) is 0 Å². The standard InChI is InChI=1S/C15H19N3O2/c1-11-15(12-4-2-3-5-13(12)16-11)18-8-6-17(7-9-18)10-14(19)20/h2-5,16H,6-10H2,1H3,(H,19,20). The molecule has 3 rings (SSSR count). The number of rotatable bonds is 3. The number of fused-ring (bicyclic) bond motifs is 1. The predicted octanol–water partition coefficient (Wildman–Crippen LogP) is 1.68. The van der Waals surface area contributed by atoms with Crippen LogP contribution in [0.3, 0.4) is 0 Å². The highest BCUT2D eigenvalue weighted by Gasteiger charge is 2.22. The van der Waals surface area contributed by atoms with E-state index in [1.807, 2.05) is 11.0 Å². The monoisotopic (exact) mass is 273 g/mol. The Hall–Kier alpha value is -2.01. The van der Waals surface area contributed by atoms with Crippen LogP contribution in [0.5, 0.6) is 0 Å². The largest absolute Gasteiger partial charge is 0.480 e. The number of nitrogens with one attached hydrogen (secondary N) is 1. The van der Waals surface area contributed by atoms with Gasteiger partial charge in [-0.2, -0.15) is 0 Å². The molecule has 1 aliphatic heterocycles. The van der Waals surface area contributed by atoms with E-state index in [9.17, 15) is 4.79 Å². The lowest BCUT2D eigenvalue weighted by Gasteiger charge is -2.35. The van der Waals surface area contributed by atoms with Crippen LogP contribution in [-0.4, -0.2) is 53.7 Å². The first-order valence-electron chi connectivity index (χ1n) is 6.91. The third-order valence-corrected chi connectivity index (χ3v) is 3.91. The van der Waals surface area contributed by atoms with Crippen molar-refractivity contribution in [1.82, 2.24) is 9.88 Å². The number of aromatic amines is 1. The summed E-state index contributed by atoms with van der Waals surface area (Å²) in [6.07, 6.45) is 0. The Labute approximate surface area is 117 Å². The zero-order valence-corrected chi connectivity index (χ0v) is 11.6. The molecule has 2 aromatic rings. The van der Waals surface area contributed by atoms with E-state index in [0.717, 1.165) is 31.7 Å². The number of aryl methyl sites for hydroxylation is 1. The van der Waals surface area contributed by atoms with E-state index in [2.05, 4.69) is 35.0 Å². The van der Waals surface area contributed by atoms with Crippen LogP contribution in [0, 0.1) is 6.92 Å². The Morgan fingerprint density at radius 1 is 1.25 bits per heavy atom. The summed E-state index contributed by atoms with van der Waals surface area (Å²) in [6.45, 7) is 5.57. The van der Waals surface area contributed by atoms with Crippen molar-refractivity contribution >= 4 is 22.6 Å². The zero-order valence-electron chi connectivity index (χ0n) is 11.6. The number of carboxylic acid groups (broad SMARTS) is 1. The second kappa shape index (κ2) is 5.17. The minimum Gasteiger partial charge on any atom is -0.480 e. The molecule has 5 heteroatoms. The van der Waals surface area contributed by atoms with Crippen molar-refractivity contribution in [2.45, 2.75) is 6.92 Å². The number of aliphatic carboxylic acids is 1. The van der Waals surface area contributed by atoms with Crippen LogP contribution in [0.25, 0.3) is 10.9 Å². The summed E-state index contributed by atoms with van der Waals surface area (Å²) in [4.78, 5) is 18.5. The maximum Gasteiger partial charge on any atom is 0.317 e. The van der Waals surface area contributed by atoms with E-state index in [4.69, 9.17) is 5.11 Å². The molecule has 0 bridgehead atoms. The summed E-state index contributed by atoms with van der Waals surface area (Å²) in [5.74, 6) is -0.748. The van der Waals surface area contributed by atoms with E-state index in [0.29, 0.717) is 0 Å². The number of carbonyl (C=O) groups is 1. The summed E-state index contributed by atoms with van der Waals surface area (Å²) in [5, 5.41) is 10.1. The Kier molecular flexibility index (Phi) is 3.36. The average Bonchev–Trinajstić information content (AvgIpc) is 2.75. The van der Waals surface area contributed by atoms with Crippen molar-refractivity contribution in [2.24, 2.45) is 0 Å². The molecule has 1 aromatic heterocycles. The Morgan fingerprint density at radius 3 is 2.65 bits per heavy atom. The maximum absolute atomic E-state index is 10.7. The van der Waals surface area contributed by atoms with Gasteiger partial charge in [-0.25, -0.2) is 0 Å². The fraction of sp³-hybridized carbons (Fsp3) is 0.400. The molecule has 0 saturated carbocycles. The summed E-state index contributed by atoms with van der Waals surface area (Å²) in [7, 11) is 0. The van der Waals surface area contributed by atoms with Gasteiger partial charge in [-0.1, -0.05) is 18.2 Å². The third kappa shape index (κ3) is 2.36. The number of hydrogen-bond donors (Lipinski definition) is 2. The van der Waals surface area contributed by atoms with Gasteiger partial charge in [-0.3, -0.25) is 9.69 Å². The Balaban J connectivity index is 1.80. The number of hydrogen-bond acceptors (Lipinski definition) is 3. The van der Waals surface area contributed by atoms with Crippen LogP contribution in [0.2, 0.25) is 0 Å². The first-order chi connectivity index (χ1) is 9.65. The van der Waals surface area contributed by atoms with Crippen molar-refractivity contribution in [2.75, 3.05) is 37.6 Å². The van der Waals surface area contributed by atoms with Gasteiger partial charge in [0.05, 0.1) is 12.2 Å². The van der Waals surface area contributed by atoms with Crippen LogP contribution < -0.4 is 4.90 Å². The highest BCUT2D eigenvalue weighted by molar-refractivity contribution is 5.94.